The van der Waals surface area contributed by atoms with Gasteiger partial charge in [-0.25, -0.2) is 4.39 Å². The second-order valence-corrected chi connectivity index (χ2v) is 7.25. The summed E-state index contributed by atoms with van der Waals surface area (Å²) in [6, 6.07) is 13.4. The molecule has 1 amide bonds. The molecule has 0 saturated carbocycles. The van der Waals surface area contributed by atoms with Gasteiger partial charge in [0.15, 0.2) is 6.10 Å². The van der Waals surface area contributed by atoms with Crippen LogP contribution in [0, 0.1) is 5.82 Å². The minimum absolute atomic E-state index is 0.134. The standard InChI is InChI=1S/C21H22FN3O4S/c1-14(28-17-9-7-16(22)8-10-17)20-24-25-21(29-20)30-13-19(26)23-12-11-15-5-3-4-6-18(15)27-2/h3-10,14H,11-13H2,1-2H3,(H,23,26). The van der Waals surface area contributed by atoms with Gasteiger partial charge in [0.05, 0.1) is 12.9 Å². The number of carbonyl (C=O) groups is 1. The first-order chi connectivity index (χ1) is 14.5. The number of carbonyl (C=O) groups excluding carboxylic acids is 1. The zero-order valence-corrected chi connectivity index (χ0v) is 17.4. The van der Waals surface area contributed by atoms with Crippen LogP contribution in [0.25, 0.3) is 0 Å². The van der Waals surface area contributed by atoms with E-state index < -0.39 is 6.10 Å². The van der Waals surface area contributed by atoms with Gasteiger partial charge in [0, 0.05) is 6.54 Å². The quantitative estimate of drug-likeness (QED) is 0.489. The number of methoxy groups -OCH3 is 1. The number of ether oxygens (including phenoxy) is 2. The predicted octanol–water partition coefficient (Wildman–Crippen LogP) is 3.81. The second kappa shape index (κ2) is 10.6. The van der Waals surface area contributed by atoms with E-state index in [2.05, 4.69) is 15.5 Å². The SMILES string of the molecule is COc1ccccc1CCNC(=O)CSc1nnc(C(C)Oc2ccc(F)cc2)o1. The van der Waals surface area contributed by atoms with Gasteiger partial charge in [-0.05, 0) is 49.2 Å². The molecule has 1 N–H and O–H groups in total. The molecular weight excluding hydrogens is 409 g/mol. The van der Waals surface area contributed by atoms with Gasteiger partial charge in [0.1, 0.15) is 17.3 Å². The summed E-state index contributed by atoms with van der Waals surface area (Å²) >= 11 is 1.15. The molecule has 9 heteroatoms. The lowest BCUT2D eigenvalue weighted by Crippen LogP contribution is -2.27. The van der Waals surface area contributed by atoms with Gasteiger partial charge >= 0.3 is 0 Å². The lowest BCUT2D eigenvalue weighted by Gasteiger charge is -2.10. The first-order valence-corrected chi connectivity index (χ1v) is 10.3. The van der Waals surface area contributed by atoms with Crippen LogP contribution < -0.4 is 14.8 Å². The van der Waals surface area contributed by atoms with E-state index in [0.717, 1.165) is 23.1 Å². The number of amides is 1. The van der Waals surface area contributed by atoms with Crippen molar-refractivity contribution in [3.8, 4) is 11.5 Å². The van der Waals surface area contributed by atoms with E-state index in [1.165, 1.54) is 24.3 Å². The third-order valence-electron chi connectivity index (χ3n) is 4.13. The fourth-order valence-corrected chi connectivity index (χ4v) is 3.23. The Hall–Kier alpha value is -3.07. The van der Waals surface area contributed by atoms with E-state index >= 15 is 0 Å². The Morgan fingerprint density at radius 3 is 2.73 bits per heavy atom. The van der Waals surface area contributed by atoms with Crippen LogP contribution in [0.3, 0.4) is 0 Å². The van der Waals surface area contributed by atoms with Gasteiger partial charge in [-0.1, -0.05) is 30.0 Å². The Balaban J connectivity index is 1.42. The Bertz CT molecular complexity index is 965. The fraction of sp³-hybridized carbons (Fsp3) is 0.286. The number of hydrogen-bond acceptors (Lipinski definition) is 7. The van der Waals surface area contributed by atoms with Crippen LogP contribution in [0.15, 0.2) is 58.2 Å². The average molecular weight is 431 g/mol. The van der Waals surface area contributed by atoms with Gasteiger partial charge in [0.25, 0.3) is 11.1 Å². The lowest BCUT2D eigenvalue weighted by atomic mass is 10.1. The summed E-state index contributed by atoms with van der Waals surface area (Å²) in [6.07, 6.45) is 0.163. The number of rotatable bonds is 10. The van der Waals surface area contributed by atoms with Crippen molar-refractivity contribution in [3.63, 3.8) is 0 Å². The van der Waals surface area contributed by atoms with Gasteiger partial charge in [-0.15, -0.1) is 10.2 Å². The topological polar surface area (TPSA) is 86.5 Å². The Kier molecular flexibility index (Phi) is 7.67. The molecule has 0 aliphatic rings. The number of nitrogens with one attached hydrogen (secondary N) is 1. The zero-order chi connectivity index (χ0) is 21.3. The molecule has 0 aliphatic carbocycles. The summed E-state index contributed by atoms with van der Waals surface area (Å²) in [5.41, 5.74) is 1.03. The van der Waals surface area contributed by atoms with E-state index in [1.54, 1.807) is 14.0 Å². The Morgan fingerprint density at radius 1 is 1.20 bits per heavy atom. The first kappa shape index (κ1) is 21.6. The van der Waals surface area contributed by atoms with Crippen LogP contribution in [0.2, 0.25) is 0 Å². The summed E-state index contributed by atoms with van der Waals surface area (Å²) in [5.74, 6) is 1.25. The lowest BCUT2D eigenvalue weighted by molar-refractivity contribution is -0.118. The van der Waals surface area contributed by atoms with Crippen LogP contribution in [-0.2, 0) is 11.2 Å². The van der Waals surface area contributed by atoms with Crippen molar-refractivity contribution in [2.24, 2.45) is 0 Å². The van der Waals surface area contributed by atoms with Crippen molar-refractivity contribution in [1.82, 2.24) is 15.5 Å². The maximum absolute atomic E-state index is 13.0. The first-order valence-electron chi connectivity index (χ1n) is 9.32. The molecule has 3 rings (SSSR count). The highest BCUT2D eigenvalue weighted by atomic mass is 32.2. The van der Waals surface area contributed by atoms with E-state index in [0.29, 0.717) is 18.7 Å². The molecule has 0 spiro atoms. The van der Waals surface area contributed by atoms with Crippen molar-refractivity contribution in [2.75, 3.05) is 19.4 Å². The largest absolute Gasteiger partial charge is 0.496 e. The number of halogens is 1. The van der Waals surface area contributed by atoms with Crippen molar-refractivity contribution in [2.45, 2.75) is 24.7 Å². The van der Waals surface area contributed by atoms with Crippen LogP contribution in [0.4, 0.5) is 4.39 Å². The number of aromatic nitrogens is 2. The van der Waals surface area contributed by atoms with E-state index in [9.17, 15) is 9.18 Å². The summed E-state index contributed by atoms with van der Waals surface area (Å²) in [7, 11) is 1.62. The average Bonchev–Trinajstić information content (AvgIpc) is 3.23. The Morgan fingerprint density at radius 2 is 1.97 bits per heavy atom. The van der Waals surface area contributed by atoms with Crippen molar-refractivity contribution < 1.29 is 23.1 Å². The molecular formula is C21H22FN3O4S. The molecule has 2 aromatic carbocycles. The summed E-state index contributed by atoms with van der Waals surface area (Å²) in [4.78, 5) is 12.1. The monoisotopic (exact) mass is 431 g/mol. The third kappa shape index (κ3) is 6.21. The van der Waals surface area contributed by atoms with Crippen LogP contribution >= 0.6 is 11.8 Å². The molecule has 1 atom stereocenters. The number of nitrogens with zero attached hydrogens (tertiary/aromatic N) is 2. The van der Waals surface area contributed by atoms with Crippen molar-refractivity contribution in [3.05, 3.63) is 65.8 Å². The summed E-state index contributed by atoms with van der Waals surface area (Å²) < 4.78 is 29.4. The number of hydrogen-bond donors (Lipinski definition) is 1. The highest BCUT2D eigenvalue weighted by molar-refractivity contribution is 7.99. The molecule has 158 valence electrons. The molecule has 0 aliphatic heterocycles. The van der Waals surface area contributed by atoms with Gasteiger partial charge in [-0.2, -0.15) is 0 Å². The number of para-hydroxylation sites is 1. The molecule has 1 heterocycles. The van der Waals surface area contributed by atoms with Crippen molar-refractivity contribution >= 4 is 17.7 Å². The normalized spacial score (nSPS) is 11.7. The van der Waals surface area contributed by atoms with Gasteiger partial charge < -0.3 is 19.2 Å². The minimum Gasteiger partial charge on any atom is -0.496 e. The third-order valence-corrected chi connectivity index (χ3v) is 4.95. The molecule has 7 nitrogen and oxygen atoms in total. The Labute approximate surface area is 178 Å². The zero-order valence-electron chi connectivity index (χ0n) is 16.6. The molecule has 0 saturated heterocycles. The molecule has 1 aromatic heterocycles. The maximum atomic E-state index is 13.0. The summed E-state index contributed by atoms with van der Waals surface area (Å²) in [5, 5.41) is 11.0. The second-order valence-electron chi connectivity index (χ2n) is 6.32. The molecule has 0 fully saturated rings. The van der Waals surface area contributed by atoms with Crippen molar-refractivity contribution in [1.29, 1.82) is 0 Å². The van der Waals surface area contributed by atoms with E-state index in [-0.39, 0.29) is 28.6 Å². The highest BCUT2D eigenvalue weighted by Crippen LogP contribution is 2.24. The van der Waals surface area contributed by atoms with Crippen LogP contribution in [0.5, 0.6) is 11.5 Å². The van der Waals surface area contributed by atoms with Crippen LogP contribution in [0.1, 0.15) is 24.5 Å². The highest BCUT2D eigenvalue weighted by Gasteiger charge is 2.17. The maximum Gasteiger partial charge on any atom is 0.277 e. The minimum atomic E-state index is -0.507. The van der Waals surface area contributed by atoms with E-state index in [4.69, 9.17) is 13.9 Å². The van der Waals surface area contributed by atoms with Gasteiger partial charge in [0.2, 0.25) is 5.91 Å². The number of benzene rings is 2. The smallest absolute Gasteiger partial charge is 0.277 e. The molecule has 3 aromatic rings. The molecule has 30 heavy (non-hydrogen) atoms. The van der Waals surface area contributed by atoms with Gasteiger partial charge in [-0.3, -0.25) is 4.79 Å². The number of thioether (sulfide) groups is 1. The molecule has 1 unspecified atom stereocenters. The molecule has 0 bridgehead atoms. The van der Waals surface area contributed by atoms with E-state index in [1.807, 2.05) is 24.3 Å². The van der Waals surface area contributed by atoms with Crippen LogP contribution in [-0.4, -0.2) is 35.5 Å². The fourth-order valence-electron chi connectivity index (χ4n) is 2.64. The predicted molar refractivity (Wildman–Crippen MR) is 110 cm³/mol. The molecule has 0 radical (unpaired) electrons. The summed E-state index contributed by atoms with van der Waals surface area (Å²) in [6.45, 7) is 2.24.